The van der Waals surface area contributed by atoms with Crippen molar-refractivity contribution in [2.45, 2.75) is 32.9 Å². The lowest BCUT2D eigenvalue weighted by Gasteiger charge is -2.35. The second kappa shape index (κ2) is 12.5. The average molecular weight is 677 g/mol. The summed E-state index contributed by atoms with van der Waals surface area (Å²) < 4.78 is 29.7. The maximum atomic E-state index is 13.5. The number of aromatic nitrogens is 2. The lowest BCUT2D eigenvalue weighted by Crippen LogP contribution is -2.46. The van der Waals surface area contributed by atoms with E-state index in [0.29, 0.717) is 45.9 Å². The first kappa shape index (κ1) is 32.6. The normalized spacial score (nSPS) is 16.3. The number of nitrogens with zero attached hydrogens (tertiary/aromatic N) is 6. The van der Waals surface area contributed by atoms with Gasteiger partial charge in [0.2, 0.25) is 5.95 Å². The van der Waals surface area contributed by atoms with Gasteiger partial charge in [0.25, 0.3) is 5.91 Å². The third-order valence-electron chi connectivity index (χ3n) is 7.30. The number of sulfone groups is 1. The van der Waals surface area contributed by atoms with Gasteiger partial charge in [-0.05, 0) is 56.7 Å². The van der Waals surface area contributed by atoms with Crippen LogP contribution in [-0.4, -0.2) is 86.2 Å². The van der Waals surface area contributed by atoms with E-state index in [9.17, 15) is 18.0 Å². The molecule has 15 heteroatoms. The van der Waals surface area contributed by atoms with E-state index in [-0.39, 0.29) is 36.6 Å². The summed E-state index contributed by atoms with van der Waals surface area (Å²) >= 11 is 12.8. The van der Waals surface area contributed by atoms with Crippen LogP contribution in [0.4, 0.5) is 33.6 Å². The van der Waals surface area contributed by atoms with Crippen LogP contribution in [0.5, 0.6) is 0 Å². The standard InChI is InChI=1S/C30H35Cl2N7O5S/c1-30(2,3)44-29(41)36(4)17-19-15-20(9-10-24(19)38-11-13-45(42,43)14-12-38)34-28-33-16-21-26(35-28)37(5)18-39(27(21)40)25-22(31)7-6-8-23(25)32/h6-10,15-16H,11-14,17-18H2,1-5H3,(H,33,34,35). The topological polar surface area (TPSA) is 128 Å². The Labute approximate surface area is 272 Å². The number of fused-ring (bicyclic) bond motifs is 1. The van der Waals surface area contributed by atoms with Gasteiger partial charge in [-0.3, -0.25) is 9.69 Å². The largest absolute Gasteiger partial charge is 0.444 e. The molecule has 1 saturated heterocycles. The van der Waals surface area contributed by atoms with Crippen molar-refractivity contribution in [3.05, 3.63) is 63.8 Å². The lowest BCUT2D eigenvalue weighted by atomic mass is 10.1. The maximum Gasteiger partial charge on any atom is 0.410 e. The highest BCUT2D eigenvalue weighted by Gasteiger charge is 2.33. The summed E-state index contributed by atoms with van der Waals surface area (Å²) in [5.74, 6) is 0.492. The lowest BCUT2D eigenvalue weighted by molar-refractivity contribution is 0.0285. The minimum absolute atomic E-state index is 0.0592. The molecule has 2 aromatic carbocycles. The van der Waals surface area contributed by atoms with Crippen LogP contribution in [0, 0.1) is 0 Å². The third-order valence-corrected chi connectivity index (χ3v) is 9.52. The zero-order valence-corrected chi connectivity index (χ0v) is 28.0. The molecule has 2 aliphatic heterocycles. The van der Waals surface area contributed by atoms with Crippen molar-refractivity contribution in [1.82, 2.24) is 14.9 Å². The molecule has 2 amide bonds. The van der Waals surface area contributed by atoms with Crippen LogP contribution >= 0.6 is 23.2 Å². The summed E-state index contributed by atoms with van der Waals surface area (Å²) in [5, 5.41) is 3.92. The molecule has 0 aliphatic carbocycles. The number of para-hydroxylation sites is 1. The summed E-state index contributed by atoms with van der Waals surface area (Å²) in [6.45, 7) is 6.49. The van der Waals surface area contributed by atoms with Crippen molar-refractivity contribution in [2.75, 3.05) is 65.4 Å². The summed E-state index contributed by atoms with van der Waals surface area (Å²) in [5.41, 5.74) is 2.30. The monoisotopic (exact) mass is 675 g/mol. The quantitative estimate of drug-likeness (QED) is 0.373. The second-order valence-corrected chi connectivity index (χ2v) is 15.1. The van der Waals surface area contributed by atoms with Crippen LogP contribution in [0.2, 0.25) is 10.0 Å². The highest BCUT2D eigenvalue weighted by molar-refractivity contribution is 7.91. The fraction of sp³-hybridized carbons (Fsp3) is 0.400. The fourth-order valence-corrected chi connectivity index (χ4v) is 6.93. The van der Waals surface area contributed by atoms with Gasteiger partial charge in [0, 0.05) is 44.8 Å². The number of hydrogen-bond acceptors (Lipinski definition) is 10. The summed E-state index contributed by atoms with van der Waals surface area (Å²) in [7, 11) is 0.372. The first-order valence-corrected chi connectivity index (χ1v) is 16.8. The van der Waals surface area contributed by atoms with Crippen molar-refractivity contribution in [3.63, 3.8) is 0 Å². The molecule has 5 rings (SSSR count). The Balaban J connectivity index is 1.41. The Hall–Kier alpha value is -3.81. The predicted molar refractivity (Wildman–Crippen MR) is 177 cm³/mol. The average Bonchev–Trinajstić information content (AvgIpc) is 2.95. The van der Waals surface area contributed by atoms with Gasteiger partial charge in [0.15, 0.2) is 9.84 Å². The van der Waals surface area contributed by atoms with Crippen LogP contribution in [-0.2, 0) is 21.1 Å². The Morgan fingerprint density at radius 2 is 1.78 bits per heavy atom. The van der Waals surface area contributed by atoms with Gasteiger partial charge in [0.05, 0.1) is 40.5 Å². The molecule has 2 aliphatic rings. The van der Waals surface area contributed by atoms with E-state index in [0.717, 1.165) is 11.3 Å². The SMILES string of the molecule is CN(Cc1cc(Nc2ncc3c(n2)N(C)CN(c2c(Cl)cccc2Cl)C3=O)ccc1N1CCS(=O)(=O)CC1)C(=O)OC(C)(C)C. The minimum Gasteiger partial charge on any atom is -0.444 e. The molecule has 240 valence electrons. The van der Waals surface area contributed by atoms with Crippen molar-refractivity contribution in [3.8, 4) is 0 Å². The van der Waals surface area contributed by atoms with E-state index in [1.54, 1.807) is 58.0 Å². The summed E-state index contributed by atoms with van der Waals surface area (Å²) in [6.07, 6.45) is 0.978. The Morgan fingerprint density at radius 3 is 2.42 bits per heavy atom. The van der Waals surface area contributed by atoms with Crippen LogP contribution in [0.15, 0.2) is 42.6 Å². The van der Waals surface area contributed by atoms with Gasteiger partial charge >= 0.3 is 6.09 Å². The van der Waals surface area contributed by atoms with Gasteiger partial charge in [-0.1, -0.05) is 29.3 Å². The molecule has 0 radical (unpaired) electrons. The number of benzene rings is 2. The number of halogens is 2. The number of rotatable bonds is 6. The predicted octanol–water partition coefficient (Wildman–Crippen LogP) is 5.18. The van der Waals surface area contributed by atoms with E-state index in [2.05, 4.69) is 15.3 Å². The van der Waals surface area contributed by atoms with Gasteiger partial charge in [-0.15, -0.1) is 0 Å². The van der Waals surface area contributed by atoms with Crippen LogP contribution in [0.3, 0.4) is 0 Å². The van der Waals surface area contributed by atoms with E-state index in [4.69, 9.17) is 27.9 Å². The van der Waals surface area contributed by atoms with Crippen molar-refractivity contribution >= 4 is 73.9 Å². The number of ether oxygens (including phenoxy) is 1. The van der Waals surface area contributed by atoms with Gasteiger partial charge in [-0.2, -0.15) is 4.98 Å². The Bertz CT molecular complexity index is 1710. The maximum absolute atomic E-state index is 13.5. The number of nitrogens with one attached hydrogen (secondary N) is 1. The number of hydrogen-bond donors (Lipinski definition) is 1. The second-order valence-electron chi connectivity index (χ2n) is 12.0. The molecule has 0 atom stereocenters. The molecule has 1 N–H and O–H groups in total. The smallest absolute Gasteiger partial charge is 0.410 e. The summed E-state index contributed by atoms with van der Waals surface area (Å²) in [6, 6.07) is 10.7. The van der Waals surface area contributed by atoms with Crippen LogP contribution in [0.1, 0.15) is 36.7 Å². The molecule has 3 heterocycles. The molecule has 0 saturated carbocycles. The highest BCUT2D eigenvalue weighted by atomic mass is 35.5. The van der Waals surface area contributed by atoms with E-state index in [1.165, 1.54) is 16.0 Å². The van der Waals surface area contributed by atoms with E-state index < -0.39 is 21.5 Å². The van der Waals surface area contributed by atoms with Crippen molar-refractivity contribution in [2.24, 2.45) is 0 Å². The molecule has 0 spiro atoms. The van der Waals surface area contributed by atoms with Crippen LogP contribution in [0.25, 0.3) is 0 Å². The zero-order valence-electron chi connectivity index (χ0n) is 25.7. The molecule has 12 nitrogen and oxygen atoms in total. The minimum atomic E-state index is -3.08. The Morgan fingerprint density at radius 1 is 1.11 bits per heavy atom. The van der Waals surface area contributed by atoms with E-state index in [1.807, 2.05) is 23.1 Å². The first-order chi connectivity index (χ1) is 21.1. The molecule has 0 unspecified atom stereocenters. The van der Waals surface area contributed by atoms with Crippen LogP contribution < -0.4 is 20.0 Å². The van der Waals surface area contributed by atoms with Gasteiger partial charge in [0.1, 0.15) is 17.0 Å². The summed E-state index contributed by atoms with van der Waals surface area (Å²) in [4.78, 5) is 42.0. The molecule has 0 bridgehead atoms. The molecule has 45 heavy (non-hydrogen) atoms. The van der Waals surface area contributed by atoms with E-state index >= 15 is 0 Å². The number of amides is 2. The molecular formula is C30H35Cl2N7O5S. The number of anilines is 5. The fourth-order valence-electron chi connectivity index (χ4n) is 5.12. The first-order valence-electron chi connectivity index (χ1n) is 14.3. The van der Waals surface area contributed by atoms with Gasteiger partial charge < -0.3 is 24.8 Å². The zero-order chi connectivity index (χ0) is 32.7. The number of carbonyl (C=O) groups excluding carboxylic acids is 2. The van der Waals surface area contributed by atoms with Crippen molar-refractivity contribution in [1.29, 1.82) is 0 Å². The molecule has 1 fully saturated rings. The molecule has 3 aromatic rings. The third kappa shape index (κ3) is 7.37. The van der Waals surface area contributed by atoms with Crippen molar-refractivity contribution < 1.29 is 22.7 Å². The highest BCUT2D eigenvalue weighted by Crippen LogP contribution is 2.38. The molecule has 1 aromatic heterocycles. The molecular weight excluding hydrogens is 641 g/mol. The Kier molecular flexibility index (Phi) is 9.07. The van der Waals surface area contributed by atoms with Gasteiger partial charge in [-0.25, -0.2) is 18.2 Å². The number of carbonyl (C=O) groups is 2.